The first kappa shape index (κ1) is 42.2. The second kappa shape index (κ2) is 22.0. The Balaban J connectivity index is 1.52. The van der Waals surface area contributed by atoms with Crippen molar-refractivity contribution in [2.45, 2.75) is 83.8 Å². The average Bonchev–Trinajstić information content (AvgIpc) is 3.04. The van der Waals surface area contributed by atoms with E-state index in [1.165, 1.54) is 0 Å². The maximum atomic E-state index is 12.7. The van der Waals surface area contributed by atoms with Crippen LogP contribution in [0.15, 0.2) is 18.2 Å². The van der Waals surface area contributed by atoms with E-state index in [2.05, 4.69) is 31.1 Å². The Kier molecular flexibility index (Phi) is 18.6. The number of hydrogen-bond donors (Lipinski definition) is 6. The summed E-state index contributed by atoms with van der Waals surface area (Å²) in [5.74, 6) is 0.177. The van der Waals surface area contributed by atoms with Gasteiger partial charge in [-0.1, -0.05) is 0 Å². The Morgan fingerprint density at radius 2 is 1.48 bits per heavy atom. The largest absolute Gasteiger partial charge is 0.492 e. The van der Waals surface area contributed by atoms with Gasteiger partial charge >= 0.3 is 6.03 Å². The number of rotatable bonds is 24. The first-order chi connectivity index (χ1) is 23.7. The number of carbonyl (C=O) groups excluding carboxylic acids is 5. The van der Waals surface area contributed by atoms with Crippen LogP contribution in [0.1, 0.15) is 83.0 Å². The van der Waals surface area contributed by atoms with Crippen LogP contribution in [-0.4, -0.2) is 123 Å². The number of nitrogens with one attached hydrogen (secondary N) is 4. The van der Waals surface area contributed by atoms with Gasteiger partial charge in [0, 0.05) is 88.1 Å². The molecule has 2 rings (SSSR count). The number of amides is 5. The van der Waals surface area contributed by atoms with Gasteiger partial charge in [-0.05, 0) is 78.5 Å². The number of nitrogens with zero attached hydrogens (tertiary/aromatic N) is 2. The van der Waals surface area contributed by atoms with Crippen LogP contribution >= 0.6 is 0 Å². The molecule has 282 valence electrons. The molecule has 0 bridgehead atoms. The highest BCUT2D eigenvalue weighted by atomic mass is 16.5. The molecule has 1 saturated heterocycles. The molecule has 0 unspecified atom stereocenters. The van der Waals surface area contributed by atoms with Gasteiger partial charge in [-0.3, -0.25) is 24.1 Å². The number of urea groups is 1. The summed E-state index contributed by atoms with van der Waals surface area (Å²) < 4.78 is 11.9. The van der Waals surface area contributed by atoms with Crippen LogP contribution in [0, 0.1) is 0 Å². The number of ether oxygens (including phenoxy) is 2. The van der Waals surface area contributed by atoms with Crippen LogP contribution in [0.4, 0.5) is 10.5 Å². The summed E-state index contributed by atoms with van der Waals surface area (Å²) in [7, 11) is 0. The molecule has 0 aromatic heterocycles. The fourth-order valence-corrected chi connectivity index (χ4v) is 5.33. The van der Waals surface area contributed by atoms with E-state index in [0.717, 1.165) is 52.0 Å². The molecule has 1 heterocycles. The predicted molar refractivity (Wildman–Crippen MR) is 193 cm³/mol. The summed E-state index contributed by atoms with van der Waals surface area (Å²) in [6, 6.07) is 4.52. The highest BCUT2D eigenvalue weighted by Gasteiger charge is 2.25. The summed E-state index contributed by atoms with van der Waals surface area (Å²) in [5.41, 5.74) is 10.7. The Hall–Kier alpha value is -3.95. The van der Waals surface area contributed by atoms with Crippen molar-refractivity contribution in [3.63, 3.8) is 0 Å². The van der Waals surface area contributed by atoms with Gasteiger partial charge in [-0.15, -0.1) is 0 Å². The summed E-state index contributed by atoms with van der Waals surface area (Å²) in [4.78, 5) is 63.2. The van der Waals surface area contributed by atoms with Crippen molar-refractivity contribution in [2.24, 2.45) is 5.73 Å². The Bertz CT molecular complexity index is 1240. The maximum Gasteiger partial charge on any atom is 0.312 e. The van der Waals surface area contributed by atoms with Crippen LogP contribution in [-0.2, 0) is 19.1 Å². The van der Waals surface area contributed by atoms with Crippen LogP contribution in [0.2, 0.25) is 0 Å². The minimum atomic E-state index is -0.573. The van der Waals surface area contributed by atoms with Crippen molar-refractivity contribution in [1.29, 1.82) is 0 Å². The third kappa shape index (κ3) is 18.7. The molecule has 8 N–H and O–H groups in total. The van der Waals surface area contributed by atoms with Crippen molar-refractivity contribution >= 4 is 35.7 Å². The molecular formula is C35H60N8O7. The molecule has 0 radical (unpaired) electrons. The molecule has 1 fully saturated rings. The van der Waals surface area contributed by atoms with Gasteiger partial charge in [-0.2, -0.15) is 0 Å². The van der Waals surface area contributed by atoms with E-state index in [4.69, 9.17) is 20.9 Å². The normalized spacial score (nSPS) is 14.1. The standard InChI is InChI=1S/C35H60N8O7/c1-34(2,13-22-50-35(3,4)12-11-30(45)40-25-32(47)38-14-5-6-15-39-33(37)48)41-31(46)8-7-16-42-17-19-43(20-18-42)21-23-49-28-10-9-27(26-44)29(36)24-28/h9-10,24,26H,5-8,11-23,25,36H2,1-4H3,(H,38,47)(H,40,45)(H,41,46)(H3,37,39,48). The number of nitrogen functional groups attached to an aromatic ring is 1. The molecule has 1 aliphatic heterocycles. The topological polar surface area (TPSA) is 210 Å². The van der Waals surface area contributed by atoms with Gasteiger partial charge in [0.05, 0.1) is 12.1 Å². The number of piperazine rings is 1. The SMILES string of the molecule is CC(C)(CCOC(C)(C)CCC(=O)NCC(=O)NCCCCNC(N)=O)NC(=O)CCCN1CCN(CCOc2ccc(C=O)c(N)c2)CC1. The minimum Gasteiger partial charge on any atom is -0.492 e. The number of benzene rings is 1. The molecular weight excluding hydrogens is 644 g/mol. The van der Waals surface area contributed by atoms with Crippen molar-refractivity contribution in [3.8, 4) is 5.75 Å². The van der Waals surface area contributed by atoms with Crippen LogP contribution in [0.5, 0.6) is 5.75 Å². The van der Waals surface area contributed by atoms with Gasteiger partial charge in [0.25, 0.3) is 0 Å². The average molecular weight is 705 g/mol. The van der Waals surface area contributed by atoms with E-state index in [0.29, 0.717) is 75.4 Å². The molecule has 1 aromatic carbocycles. The zero-order chi connectivity index (χ0) is 37.0. The fraction of sp³-hybridized carbons (Fsp3) is 0.686. The maximum absolute atomic E-state index is 12.7. The molecule has 0 spiro atoms. The lowest BCUT2D eigenvalue weighted by molar-refractivity contribution is -0.127. The quantitative estimate of drug-likeness (QED) is 0.0518. The van der Waals surface area contributed by atoms with E-state index in [1.807, 2.05) is 27.7 Å². The van der Waals surface area contributed by atoms with Gasteiger partial charge in [-0.25, -0.2) is 4.79 Å². The first-order valence-electron chi connectivity index (χ1n) is 17.6. The summed E-state index contributed by atoms with van der Waals surface area (Å²) >= 11 is 0. The van der Waals surface area contributed by atoms with Gasteiger partial charge < -0.3 is 47.1 Å². The molecule has 50 heavy (non-hydrogen) atoms. The molecule has 15 heteroatoms. The highest BCUT2D eigenvalue weighted by Crippen LogP contribution is 2.20. The zero-order valence-electron chi connectivity index (χ0n) is 30.4. The third-order valence-corrected chi connectivity index (χ3v) is 8.53. The van der Waals surface area contributed by atoms with Crippen molar-refractivity contribution in [1.82, 2.24) is 31.1 Å². The Morgan fingerprint density at radius 3 is 2.12 bits per heavy atom. The lowest BCUT2D eigenvalue weighted by Gasteiger charge is -2.34. The first-order valence-corrected chi connectivity index (χ1v) is 17.6. The number of unbranched alkanes of at least 4 members (excludes halogenated alkanes) is 1. The Labute approximate surface area is 296 Å². The van der Waals surface area contributed by atoms with Gasteiger partial charge in [0.2, 0.25) is 17.7 Å². The van der Waals surface area contributed by atoms with Gasteiger partial charge in [0.1, 0.15) is 12.4 Å². The molecule has 0 aliphatic carbocycles. The Morgan fingerprint density at radius 1 is 0.820 bits per heavy atom. The van der Waals surface area contributed by atoms with Crippen LogP contribution < -0.4 is 37.5 Å². The highest BCUT2D eigenvalue weighted by molar-refractivity contribution is 5.85. The number of aldehydes is 1. The second-order valence-corrected chi connectivity index (χ2v) is 14.0. The number of carbonyl (C=O) groups is 5. The molecule has 5 amide bonds. The van der Waals surface area contributed by atoms with E-state index in [1.54, 1.807) is 18.2 Å². The van der Waals surface area contributed by atoms with Crippen molar-refractivity contribution in [3.05, 3.63) is 23.8 Å². The number of primary amides is 1. The monoisotopic (exact) mass is 704 g/mol. The molecule has 1 aliphatic rings. The summed E-state index contributed by atoms with van der Waals surface area (Å²) in [6.45, 7) is 15.0. The van der Waals surface area contributed by atoms with Crippen molar-refractivity contribution < 1.29 is 33.4 Å². The molecule has 15 nitrogen and oxygen atoms in total. The van der Waals surface area contributed by atoms with E-state index in [-0.39, 0.29) is 30.7 Å². The summed E-state index contributed by atoms with van der Waals surface area (Å²) in [5, 5.41) is 11.0. The predicted octanol–water partition coefficient (Wildman–Crippen LogP) is 1.40. The number of anilines is 1. The number of nitrogens with two attached hydrogens (primary N) is 2. The lowest BCUT2D eigenvalue weighted by Crippen LogP contribution is -2.48. The minimum absolute atomic E-state index is 0.0210. The van der Waals surface area contributed by atoms with Crippen LogP contribution in [0.3, 0.4) is 0 Å². The second-order valence-electron chi connectivity index (χ2n) is 14.0. The number of hydrogen-bond acceptors (Lipinski definition) is 10. The van der Waals surface area contributed by atoms with E-state index < -0.39 is 17.2 Å². The van der Waals surface area contributed by atoms with Crippen LogP contribution in [0.25, 0.3) is 0 Å². The summed E-state index contributed by atoms with van der Waals surface area (Å²) in [6.07, 6.45) is 4.67. The molecule has 0 saturated carbocycles. The zero-order valence-corrected chi connectivity index (χ0v) is 30.4. The molecule has 0 atom stereocenters. The lowest BCUT2D eigenvalue weighted by atomic mass is 9.99. The molecule has 1 aromatic rings. The van der Waals surface area contributed by atoms with E-state index in [9.17, 15) is 24.0 Å². The smallest absolute Gasteiger partial charge is 0.312 e. The van der Waals surface area contributed by atoms with Crippen molar-refractivity contribution in [2.75, 3.05) is 77.9 Å². The van der Waals surface area contributed by atoms with E-state index >= 15 is 0 Å². The third-order valence-electron chi connectivity index (χ3n) is 8.53. The fourth-order valence-electron chi connectivity index (χ4n) is 5.33. The van der Waals surface area contributed by atoms with Gasteiger partial charge in [0.15, 0.2) is 6.29 Å².